The van der Waals surface area contributed by atoms with E-state index in [4.69, 9.17) is 11.5 Å². The van der Waals surface area contributed by atoms with E-state index >= 15 is 0 Å². The van der Waals surface area contributed by atoms with Gasteiger partial charge >= 0.3 is 0 Å². The fraction of sp³-hybridized carbons (Fsp3) is 0.500. The number of hydrogen-bond donors (Lipinski definition) is 2. The maximum atomic E-state index is 5.64. The lowest BCUT2D eigenvalue weighted by Gasteiger charge is -2.02. The molecule has 0 saturated heterocycles. The number of rotatable bonds is 4. The minimum absolute atomic E-state index is 0.520. The van der Waals surface area contributed by atoms with Crippen LogP contribution in [0.5, 0.6) is 0 Å². The highest BCUT2D eigenvalue weighted by Crippen LogP contribution is 2.11. The molecule has 3 heteroatoms. The fourth-order valence-electron chi connectivity index (χ4n) is 1.32. The normalized spacial score (nSPS) is 10.2. The summed E-state index contributed by atoms with van der Waals surface area (Å²) in [6, 6.07) is 3.58. The second kappa shape index (κ2) is 4.70. The van der Waals surface area contributed by atoms with Crippen molar-refractivity contribution in [2.24, 2.45) is 0 Å². The molecule has 0 aromatic carbocycles. The molecule has 0 aliphatic carbocycles. The number of aryl methyl sites for hydroxylation is 1. The number of pyridine rings is 1. The van der Waals surface area contributed by atoms with Gasteiger partial charge in [-0.05, 0) is 18.9 Å². The lowest BCUT2D eigenvalue weighted by Crippen LogP contribution is -1.98. The van der Waals surface area contributed by atoms with E-state index in [2.05, 4.69) is 11.9 Å². The summed E-state index contributed by atoms with van der Waals surface area (Å²) in [6.45, 7) is 2.18. The summed E-state index contributed by atoms with van der Waals surface area (Å²) in [5, 5.41) is 0. The zero-order valence-electron chi connectivity index (χ0n) is 8.09. The number of anilines is 2. The molecule has 0 saturated carbocycles. The van der Waals surface area contributed by atoms with Gasteiger partial charge < -0.3 is 11.5 Å². The third-order valence-electron chi connectivity index (χ3n) is 1.96. The van der Waals surface area contributed by atoms with Crippen molar-refractivity contribution in [2.45, 2.75) is 32.6 Å². The van der Waals surface area contributed by atoms with Gasteiger partial charge in [-0.2, -0.15) is 0 Å². The Morgan fingerprint density at radius 1 is 1.23 bits per heavy atom. The first kappa shape index (κ1) is 9.84. The van der Waals surface area contributed by atoms with Crippen molar-refractivity contribution in [3.8, 4) is 0 Å². The third kappa shape index (κ3) is 3.32. The molecule has 1 aromatic heterocycles. The van der Waals surface area contributed by atoms with Crippen LogP contribution >= 0.6 is 0 Å². The van der Waals surface area contributed by atoms with Crippen LogP contribution in [0.3, 0.4) is 0 Å². The Morgan fingerprint density at radius 3 is 2.62 bits per heavy atom. The molecular weight excluding hydrogens is 162 g/mol. The topological polar surface area (TPSA) is 64.9 Å². The van der Waals surface area contributed by atoms with Gasteiger partial charge in [0, 0.05) is 17.4 Å². The summed E-state index contributed by atoms with van der Waals surface area (Å²) in [5.74, 6) is 0.520. The van der Waals surface area contributed by atoms with Crippen molar-refractivity contribution >= 4 is 11.5 Å². The van der Waals surface area contributed by atoms with Crippen molar-refractivity contribution in [1.82, 2.24) is 4.98 Å². The fourth-order valence-corrected chi connectivity index (χ4v) is 1.32. The Morgan fingerprint density at radius 2 is 2.00 bits per heavy atom. The highest BCUT2D eigenvalue weighted by atomic mass is 14.8. The minimum Gasteiger partial charge on any atom is -0.399 e. The summed E-state index contributed by atoms with van der Waals surface area (Å²) >= 11 is 0. The molecule has 0 atom stereocenters. The van der Waals surface area contributed by atoms with Crippen molar-refractivity contribution in [3.63, 3.8) is 0 Å². The van der Waals surface area contributed by atoms with E-state index in [0.717, 1.165) is 18.5 Å². The highest BCUT2D eigenvalue weighted by Gasteiger charge is 1.97. The lowest BCUT2D eigenvalue weighted by molar-refractivity contribution is 0.708. The van der Waals surface area contributed by atoms with Crippen LogP contribution in [0.4, 0.5) is 11.5 Å². The number of nitrogen functional groups attached to an aromatic ring is 2. The molecule has 72 valence electrons. The van der Waals surface area contributed by atoms with Crippen LogP contribution in [0.2, 0.25) is 0 Å². The van der Waals surface area contributed by atoms with Crippen molar-refractivity contribution in [3.05, 3.63) is 17.8 Å². The Bertz CT molecular complexity index is 251. The second-order valence-electron chi connectivity index (χ2n) is 3.27. The molecule has 0 spiro atoms. The van der Waals surface area contributed by atoms with Gasteiger partial charge in [0.15, 0.2) is 0 Å². The van der Waals surface area contributed by atoms with Crippen molar-refractivity contribution in [1.29, 1.82) is 0 Å². The Labute approximate surface area is 79.2 Å². The molecule has 4 N–H and O–H groups in total. The number of hydrogen-bond acceptors (Lipinski definition) is 3. The number of nitrogens with zero attached hydrogens (tertiary/aromatic N) is 1. The minimum atomic E-state index is 0.520. The summed E-state index contributed by atoms with van der Waals surface area (Å²) in [5.41, 5.74) is 12.9. The molecule has 0 radical (unpaired) electrons. The van der Waals surface area contributed by atoms with Gasteiger partial charge in [-0.15, -0.1) is 0 Å². The molecule has 1 aromatic rings. The van der Waals surface area contributed by atoms with Gasteiger partial charge in [-0.3, -0.25) is 0 Å². The molecule has 0 aliphatic heterocycles. The Hall–Kier alpha value is -1.25. The maximum Gasteiger partial charge on any atom is 0.125 e. The van der Waals surface area contributed by atoms with Crippen LogP contribution in [0.1, 0.15) is 31.9 Å². The monoisotopic (exact) mass is 179 g/mol. The molecular formula is C10H17N3. The molecule has 1 rings (SSSR count). The lowest BCUT2D eigenvalue weighted by atomic mass is 10.1. The van der Waals surface area contributed by atoms with E-state index in [1.165, 1.54) is 12.8 Å². The van der Waals surface area contributed by atoms with Gasteiger partial charge in [-0.1, -0.05) is 19.8 Å². The Kier molecular flexibility index (Phi) is 3.55. The smallest absolute Gasteiger partial charge is 0.125 e. The molecule has 0 unspecified atom stereocenters. The summed E-state index contributed by atoms with van der Waals surface area (Å²) in [7, 11) is 0. The molecule has 3 nitrogen and oxygen atoms in total. The maximum absolute atomic E-state index is 5.64. The summed E-state index contributed by atoms with van der Waals surface area (Å²) < 4.78 is 0. The van der Waals surface area contributed by atoms with E-state index < -0.39 is 0 Å². The van der Waals surface area contributed by atoms with Crippen LogP contribution in [0.15, 0.2) is 12.1 Å². The highest BCUT2D eigenvalue weighted by molar-refractivity contribution is 5.47. The predicted octanol–water partition coefficient (Wildman–Crippen LogP) is 1.98. The first-order valence-electron chi connectivity index (χ1n) is 4.74. The predicted molar refractivity (Wildman–Crippen MR) is 56.3 cm³/mol. The van der Waals surface area contributed by atoms with E-state index in [0.29, 0.717) is 11.5 Å². The van der Waals surface area contributed by atoms with E-state index in [-0.39, 0.29) is 0 Å². The molecule has 1 heterocycles. The number of nitrogens with two attached hydrogens (primary N) is 2. The van der Waals surface area contributed by atoms with Gasteiger partial charge in [0.25, 0.3) is 0 Å². The summed E-state index contributed by atoms with van der Waals surface area (Å²) in [4.78, 5) is 4.20. The van der Waals surface area contributed by atoms with E-state index in [1.54, 1.807) is 6.07 Å². The zero-order valence-corrected chi connectivity index (χ0v) is 8.09. The van der Waals surface area contributed by atoms with Gasteiger partial charge in [0.05, 0.1) is 0 Å². The standard InChI is InChI=1S/C10H17N3/c1-2-3-4-5-9-6-8(11)7-10(12)13-9/h6-7H,2-5H2,1H3,(H4,11,12,13). The first-order chi connectivity index (χ1) is 6.22. The van der Waals surface area contributed by atoms with Crippen molar-refractivity contribution in [2.75, 3.05) is 11.5 Å². The van der Waals surface area contributed by atoms with Crippen LogP contribution < -0.4 is 11.5 Å². The molecule has 0 aliphatic rings. The summed E-state index contributed by atoms with van der Waals surface area (Å²) in [6.07, 6.45) is 4.59. The SMILES string of the molecule is CCCCCc1cc(N)cc(N)n1. The van der Waals surface area contributed by atoms with Crippen LogP contribution in [-0.2, 0) is 6.42 Å². The van der Waals surface area contributed by atoms with E-state index in [1.807, 2.05) is 6.07 Å². The van der Waals surface area contributed by atoms with Crippen LogP contribution in [-0.4, -0.2) is 4.98 Å². The average Bonchev–Trinajstić information content (AvgIpc) is 2.03. The Balaban J connectivity index is 2.56. The zero-order chi connectivity index (χ0) is 9.68. The molecule has 13 heavy (non-hydrogen) atoms. The van der Waals surface area contributed by atoms with Crippen molar-refractivity contribution < 1.29 is 0 Å². The number of aromatic nitrogens is 1. The molecule has 0 bridgehead atoms. The quantitative estimate of drug-likeness (QED) is 0.694. The van der Waals surface area contributed by atoms with Crippen LogP contribution in [0.25, 0.3) is 0 Å². The number of unbranched alkanes of at least 4 members (excludes halogenated alkanes) is 2. The molecule has 0 amide bonds. The van der Waals surface area contributed by atoms with E-state index in [9.17, 15) is 0 Å². The van der Waals surface area contributed by atoms with Gasteiger partial charge in [-0.25, -0.2) is 4.98 Å². The average molecular weight is 179 g/mol. The third-order valence-corrected chi connectivity index (χ3v) is 1.96. The van der Waals surface area contributed by atoms with Gasteiger partial charge in [0.1, 0.15) is 5.82 Å². The van der Waals surface area contributed by atoms with Crippen LogP contribution in [0, 0.1) is 0 Å². The molecule has 0 fully saturated rings. The second-order valence-corrected chi connectivity index (χ2v) is 3.27. The largest absolute Gasteiger partial charge is 0.399 e. The van der Waals surface area contributed by atoms with Gasteiger partial charge in [0.2, 0.25) is 0 Å². The first-order valence-corrected chi connectivity index (χ1v) is 4.74.